The van der Waals surface area contributed by atoms with Gasteiger partial charge in [0.25, 0.3) is 0 Å². The van der Waals surface area contributed by atoms with Crippen LogP contribution in [-0.2, 0) is 9.59 Å². The molecule has 2 amide bonds. The third-order valence-corrected chi connectivity index (χ3v) is 3.22. The predicted octanol–water partition coefficient (Wildman–Crippen LogP) is 2.80. The van der Waals surface area contributed by atoms with Crippen molar-refractivity contribution < 1.29 is 9.59 Å². The smallest absolute Gasteiger partial charge is 0.225 e. The van der Waals surface area contributed by atoms with Crippen molar-refractivity contribution in [3.05, 3.63) is 23.8 Å². The Morgan fingerprint density at radius 1 is 1.19 bits per heavy atom. The molecule has 4 N–H and O–H groups in total. The van der Waals surface area contributed by atoms with Crippen LogP contribution in [0.5, 0.6) is 0 Å². The number of nitrogens with two attached hydrogens (primary N) is 1. The molecule has 0 saturated carbocycles. The van der Waals surface area contributed by atoms with Crippen molar-refractivity contribution in [2.75, 3.05) is 10.6 Å². The van der Waals surface area contributed by atoms with Crippen molar-refractivity contribution in [1.29, 1.82) is 0 Å². The normalized spacial score (nSPS) is 11.8. The monoisotopic (exact) mass is 291 g/mol. The van der Waals surface area contributed by atoms with E-state index >= 15 is 0 Å². The van der Waals surface area contributed by atoms with Crippen LogP contribution in [0.15, 0.2) is 18.2 Å². The van der Waals surface area contributed by atoms with E-state index in [0.717, 1.165) is 18.4 Å². The van der Waals surface area contributed by atoms with Gasteiger partial charge in [0.15, 0.2) is 0 Å². The molecule has 0 radical (unpaired) electrons. The molecule has 21 heavy (non-hydrogen) atoms. The van der Waals surface area contributed by atoms with Crippen molar-refractivity contribution >= 4 is 23.2 Å². The standard InChI is InChI=1S/C16H25N3O2/c1-4-6-12(17)9-16(21)19-14-10-13(8-7-11(14)3)18-15(20)5-2/h7-8,10,12H,4-6,9,17H2,1-3H3,(H,18,20)(H,19,21). The third kappa shape index (κ3) is 5.95. The van der Waals surface area contributed by atoms with E-state index in [9.17, 15) is 9.59 Å². The van der Waals surface area contributed by atoms with Gasteiger partial charge in [0.1, 0.15) is 0 Å². The van der Waals surface area contributed by atoms with E-state index in [1.54, 1.807) is 13.0 Å². The van der Waals surface area contributed by atoms with Crippen molar-refractivity contribution in [2.24, 2.45) is 5.73 Å². The van der Waals surface area contributed by atoms with Crippen LogP contribution in [0.1, 0.15) is 45.1 Å². The van der Waals surface area contributed by atoms with Gasteiger partial charge in [0.05, 0.1) is 0 Å². The first-order valence-corrected chi connectivity index (χ1v) is 7.42. The fourth-order valence-electron chi connectivity index (χ4n) is 2.00. The predicted molar refractivity (Wildman–Crippen MR) is 86.2 cm³/mol. The van der Waals surface area contributed by atoms with Crippen LogP contribution in [0.4, 0.5) is 11.4 Å². The number of benzene rings is 1. The molecule has 1 unspecified atom stereocenters. The zero-order valence-corrected chi connectivity index (χ0v) is 13.0. The van der Waals surface area contributed by atoms with Crippen LogP contribution in [0.2, 0.25) is 0 Å². The maximum absolute atomic E-state index is 12.0. The van der Waals surface area contributed by atoms with E-state index in [1.807, 2.05) is 26.0 Å². The lowest BCUT2D eigenvalue weighted by Crippen LogP contribution is -2.27. The first kappa shape index (κ1) is 17.2. The zero-order valence-electron chi connectivity index (χ0n) is 13.0. The molecule has 0 aliphatic carbocycles. The summed E-state index contributed by atoms with van der Waals surface area (Å²) in [7, 11) is 0. The zero-order chi connectivity index (χ0) is 15.8. The summed E-state index contributed by atoms with van der Waals surface area (Å²) >= 11 is 0. The number of carbonyl (C=O) groups is 2. The minimum Gasteiger partial charge on any atom is -0.327 e. The molecule has 5 nitrogen and oxygen atoms in total. The van der Waals surface area contributed by atoms with E-state index in [1.165, 1.54) is 0 Å². The Morgan fingerprint density at radius 2 is 1.90 bits per heavy atom. The molecule has 1 aromatic rings. The molecule has 0 aliphatic rings. The fraction of sp³-hybridized carbons (Fsp3) is 0.500. The summed E-state index contributed by atoms with van der Waals surface area (Å²) < 4.78 is 0. The second kappa shape index (κ2) is 8.42. The largest absolute Gasteiger partial charge is 0.327 e. The Morgan fingerprint density at radius 3 is 2.52 bits per heavy atom. The topological polar surface area (TPSA) is 84.2 Å². The van der Waals surface area contributed by atoms with Crippen LogP contribution in [0.25, 0.3) is 0 Å². The van der Waals surface area contributed by atoms with Crippen molar-refractivity contribution in [3.8, 4) is 0 Å². The molecule has 0 fully saturated rings. The SMILES string of the molecule is CCCC(N)CC(=O)Nc1cc(NC(=O)CC)ccc1C. The number of nitrogens with one attached hydrogen (secondary N) is 2. The fourth-order valence-corrected chi connectivity index (χ4v) is 2.00. The van der Waals surface area contributed by atoms with Crippen LogP contribution < -0.4 is 16.4 Å². The van der Waals surface area contributed by atoms with E-state index in [0.29, 0.717) is 24.2 Å². The molecule has 1 atom stereocenters. The molecule has 0 aliphatic heterocycles. The summed E-state index contributed by atoms with van der Waals surface area (Å²) in [6.07, 6.45) is 2.52. The molecule has 1 aromatic carbocycles. The van der Waals surface area contributed by atoms with Gasteiger partial charge >= 0.3 is 0 Å². The summed E-state index contributed by atoms with van der Waals surface area (Å²) in [5.41, 5.74) is 8.21. The van der Waals surface area contributed by atoms with Gasteiger partial charge in [-0.3, -0.25) is 9.59 Å². The van der Waals surface area contributed by atoms with Crippen molar-refractivity contribution in [1.82, 2.24) is 0 Å². The highest BCUT2D eigenvalue weighted by Gasteiger charge is 2.11. The average molecular weight is 291 g/mol. The summed E-state index contributed by atoms with van der Waals surface area (Å²) in [5, 5.41) is 5.64. The van der Waals surface area contributed by atoms with Gasteiger partial charge in [-0.2, -0.15) is 0 Å². The number of amides is 2. The summed E-state index contributed by atoms with van der Waals surface area (Å²) in [6.45, 7) is 5.75. The highest BCUT2D eigenvalue weighted by molar-refractivity contribution is 5.94. The molecule has 0 spiro atoms. The first-order valence-electron chi connectivity index (χ1n) is 7.42. The Labute approximate surface area is 126 Å². The second-order valence-corrected chi connectivity index (χ2v) is 5.23. The maximum Gasteiger partial charge on any atom is 0.225 e. The Hall–Kier alpha value is -1.88. The average Bonchev–Trinajstić information content (AvgIpc) is 2.42. The summed E-state index contributed by atoms with van der Waals surface area (Å²) in [6, 6.07) is 5.35. The number of anilines is 2. The Balaban J connectivity index is 2.71. The molecule has 0 heterocycles. The number of aryl methyl sites for hydroxylation is 1. The molecule has 0 bridgehead atoms. The Kier molecular flexibility index (Phi) is 6.88. The molecule has 0 aromatic heterocycles. The lowest BCUT2D eigenvalue weighted by molar-refractivity contribution is -0.117. The third-order valence-electron chi connectivity index (χ3n) is 3.22. The maximum atomic E-state index is 12.0. The minimum atomic E-state index is -0.113. The highest BCUT2D eigenvalue weighted by atomic mass is 16.2. The second-order valence-electron chi connectivity index (χ2n) is 5.23. The molecule has 5 heteroatoms. The summed E-state index contributed by atoms with van der Waals surface area (Å²) in [5.74, 6) is -0.154. The minimum absolute atomic E-state index is 0.0545. The van der Waals surface area contributed by atoms with Crippen LogP contribution in [-0.4, -0.2) is 17.9 Å². The first-order chi connectivity index (χ1) is 9.96. The van der Waals surface area contributed by atoms with Crippen LogP contribution >= 0.6 is 0 Å². The van der Waals surface area contributed by atoms with Crippen LogP contribution in [0, 0.1) is 6.92 Å². The van der Waals surface area contributed by atoms with E-state index < -0.39 is 0 Å². The lowest BCUT2D eigenvalue weighted by Gasteiger charge is -2.13. The van der Waals surface area contributed by atoms with Gasteiger partial charge in [0.2, 0.25) is 11.8 Å². The highest BCUT2D eigenvalue weighted by Crippen LogP contribution is 2.21. The molecule has 116 valence electrons. The van der Waals surface area contributed by atoms with Gasteiger partial charge in [-0.1, -0.05) is 26.3 Å². The van der Waals surface area contributed by atoms with E-state index in [2.05, 4.69) is 10.6 Å². The molecular weight excluding hydrogens is 266 g/mol. The van der Waals surface area contributed by atoms with Gasteiger partial charge in [-0.05, 0) is 31.0 Å². The van der Waals surface area contributed by atoms with Gasteiger partial charge in [-0.25, -0.2) is 0 Å². The van der Waals surface area contributed by atoms with Gasteiger partial charge in [0, 0.05) is 30.3 Å². The van der Waals surface area contributed by atoms with E-state index in [-0.39, 0.29) is 17.9 Å². The lowest BCUT2D eigenvalue weighted by atomic mass is 10.1. The number of hydrogen-bond donors (Lipinski definition) is 3. The molecular formula is C16H25N3O2. The van der Waals surface area contributed by atoms with Crippen LogP contribution in [0.3, 0.4) is 0 Å². The van der Waals surface area contributed by atoms with E-state index in [4.69, 9.17) is 5.73 Å². The number of rotatable bonds is 7. The quantitative estimate of drug-likeness (QED) is 0.722. The van der Waals surface area contributed by atoms with Crippen molar-refractivity contribution in [2.45, 2.75) is 52.5 Å². The molecule has 0 saturated heterocycles. The van der Waals surface area contributed by atoms with Gasteiger partial charge < -0.3 is 16.4 Å². The van der Waals surface area contributed by atoms with Gasteiger partial charge in [-0.15, -0.1) is 0 Å². The van der Waals surface area contributed by atoms with Crippen molar-refractivity contribution in [3.63, 3.8) is 0 Å². The number of hydrogen-bond acceptors (Lipinski definition) is 3. The summed E-state index contributed by atoms with van der Waals surface area (Å²) in [4.78, 5) is 23.4. The Bertz CT molecular complexity index is 500. The molecule has 1 rings (SSSR count). The number of carbonyl (C=O) groups excluding carboxylic acids is 2.